The topological polar surface area (TPSA) is 45.0 Å². The maximum Gasteiger partial charge on any atom is 0.125 e. The minimum atomic E-state index is -0.0133. The molecule has 13 heavy (non-hydrogen) atoms. The lowest BCUT2D eigenvalue weighted by atomic mass is 10.1. The summed E-state index contributed by atoms with van der Waals surface area (Å²) >= 11 is 3.39. The summed E-state index contributed by atoms with van der Waals surface area (Å²) in [6.45, 7) is 6.23. The van der Waals surface area contributed by atoms with E-state index in [9.17, 15) is 0 Å². The highest BCUT2D eigenvalue weighted by Crippen LogP contribution is 2.33. The van der Waals surface area contributed by atoms with Gasteiger partial charge in [-0.3, -0.25) is 4.99 Å². The van der Waals surface area contributed by atoms with Gasteiger partial charge in [-0.25, -0.2) is 0 Å². The Morgan fingerprint density at radius 3 is 2.77 bits per heavy atom. The van der Waals surface area contributed by atoms with Crippen molar-refractivity contribution >= 4 is 34.1 Å². The van der Waals surface area contributed by atoms with E-state index >= 15 is 0 Å². The van der Waals surface area contributed by atoms with Gasteiger partial charge in [-0.1, -0.05) is 23.5 Å². The lowest BCUT2D eigenvalue weighted by Crippen LogP contribution is -2.10. The van der Waals surface area contributed by atoms with Crippen molar-refractivity contribution in [3.63, 3.8) is 0 Å². The average Bonchev–Trinajstić information content (AvgIpc) is 2.33. The van der Waals surface area contributed by atoms with Crippen LogP contribution in [0.2, 0.25) is 0 Å². The van der Waals surface area contributed by atoms with Crippen LogP contribution in [0.25, 0.3) is 0 Å². The monoisotopic (exact) mass is 218 g/mol. The average molecular weight is 218 g/mol. The van der Waals surface area contributed by atoms with E-state index in [4.69, 9.17) is 5.21 Å². The van der Waals surface area contributed by atoms with Crippen molar-refractivity contribution in [1.82, 2.24) is 0 Å². The van der Waals surface area contributed by atoms with E-state index in [1.165, 1.54) is 0 Å². The van der Waals surface area contributed by atoms with E-state index in [2.05, 4.69) is 30.9 Å². The van der Waals surface area contributed by atoms with Crippen LogP contribution in [-0.2, 0) is 0 Å². The van der Waals surface area contributed by atoms with E-state index in [0.29, 0.717) is 0 Å². The van der Waals surface area contributed by atoms with Gasteiger partial charge in [0.25, 0.3) is 0 Å². The predicted molar refractivity (Wildman–Crippen MR) is 61.3 cm³/mol. The largest absolute Gasteiger partial charge is 0.411 e. The van der Waals surface area contributed by atoms with Crippen molar-refractivity contribution in [1.29, 1.82) is 0 Å². The Morgan fingerprint density at radius 1 is 1.54 bits per heavy atom. The van der Waals surface area contributed by atoms with Gasteiger partial charge in [-0.2, -0.15) is 0 Å². The van der Waals surface area contributed by atoms with Gasteiger partial charge >= 0.3 is 0 Å². The maximum atomic E-state index is 8.35. The molecule has 0 aromatic rings. The van der Waals surface area contributed by atoms with Crippen LogP contribution in [0.4, 0.5) is 0 Å². The molecule has 1 saturated heterocycles. The van der Waals surface area contributed by atoms with Crippen LogP contribution in [0.5, 0.6) is 0 Å². The first kappa shape index (κ1) is 10.9. The SMILES string of the molecule is CC(C)(C)N=C1SCC(/C=N/O)S1. The molecule has 74 valence electrons. The Bertz CT molecular complexity index is 233. The molecule has 1 unspecified atom stereocenters. The summed E-state index contributed by atoms with van der Waals surface area (Å²) in [5.74, 6) is 0.948. The molecule has 0 amide bonds. The van der Waals surface area contributed by atoms with E-state index in [0.717, 1.165) is 10.1 Å². The van der Waals surface area contributed by atoms with Crippen molar-refractivity contribution < 1.29 is 5.21 Å². The normalized spacial score (nSPS) is 27.6. The van der Waals surface area contributed by atoms with Crippen LogP contribution in [0.15, 0.2) is 10.1 Å². The number of nitrogens with zero attached hydrogens (tertiary/aromatic N) is 2. The van der Waals surface area contributed by atoms with Crippen molar-refractivity contribution in [3.05, 3.63) is 0 Å². The maximum absolute atomic E-state index is 8.35. The second kappa shape index (κ2) is 4.37. The fraction of sp³-hybridized carbons (Fsp3) is 0.750. The highest BCUT2D eigenvalue weighted by atomic mass is 32.2. The fourth-order valence-corrected chi connectivity index (χ4v) is 3.59. The molecule has 1 heterocycles. The molecule has 0 aromatic carbocycles. The zero-order chi connectivity index (χ0) is 9.90. The first-order valence-electron chi connectivity index (χ1n) is 4.08. The summed E-state index contributed by atoms with van der Waals surface area (Å²) in [5, 5.41) is 11.7. The molecule has 0 bridgehead atoms. The zero-order valence-electron chi connectivity index (χ0n) is 8.02. The molecule has 0 saturated carbocycles. The minimum absolute atomic E-state index is 0.0133. The third-order valence-corrected chi connectivity index (χ3v) is 3.88. The van der Waals surface area contributed by atoms with Crippen molar-refractivity contribution in [2.45, 2.75) is 31.6 Å². The van der Waals surface area contributed by atoms with Crippen molar-refractivity contribution in [2.75, 3.05) is 5.75 Å². The highest BCUT2D eigenvalue weighted by Gasteiger charge is 2.22. The number of hydrogen-bond acceptors (Lipinski definition) is 5. The number of hydrogen-bond donors (Lipinski definition) is 1. The number of thioether (sulfide) groups is 2. The van der Waals surface area contributed by atoms with Gasteiger partial charge in [0, 0.05) is 5.75 Å². The predicted octanol–water partition coefficient (Wildman–Crippen LogP) is 2.45. The van der Waals surface area contributed by atoms with Gasteiger partial charge in [-0.15, -0.1) is 5.16 Å². The molecule has 1 aliphatic heterocycles. The fourth-order valence-electron chi connectivity index (χ4n) is 0.831. The smallest absolute Gasteiger partial charge is 0.125 e. The van der Waals surface area contributed by atoms with E-state index in [1.54, 1.807) is 29.7 Å². The quantitative estimate of drug-likeness (QED) is 0.418. The van der Waals surface area contributed by atoms with Crippen LogP contribution >= 0.6 is 23.5 Å². The highest BCUT2D eigenvalue weighted by molar-refractivity contribution is 8.42. The molecule has 5 heteroatoms. The van der Waals surface area contributed by atoms with Gasteiger partial charge < -0.3 is 5.21 Å². The number of oxime groups is 1. The van der Waals surface area contributed by atoms with Gasteiger partial charge in [0.15, 0.2) is 0 Å². The van der Waals surface area contributed by atoms with Crippen LogP contribution in [0, 0.1) is 0 Å². The Morgan fingerprint density at radius 2 is 2.23 bits per heavy atom. The zero-order valence-corrected chi connectivity index (χ0v) is 9.65. The van der Waals surface area contributed by atoms with Crippen molar-refractivity contribution in [3.8, 4) is 0 Å². The van der Waals surface area contributed by atoms with Crippen LogP contribution < -0.4 is 0 Å². The lowest BCUT2D eigenvalue weighted by molar-refractivity contribution is 0.321. The standard InChI is InChI=1S/C8H14N2OS2/c1-8(2,3)10-7-12-5-6(13-7)4-9-11/h4,6,11H,5H2,1-3H3/b9-4+,10-7?. The molecule has 0 radical (unpaired) electrons. The Labute approximate surface area is 87.1 Å². The van der Waals surface area contributed by atoms with E-state index < -0.39 is 0 Å². The van der Waals surface area contributed by atoms with Gasteiger partial charge in [-0.05, 0) is 20.8 Å². The van der Waals surface area contributed by atoms with Crippen LogP contribution in [0.1, 0.15) is 20.8 Å². The van der Waals surface area contributed by atoms with Gasteiger partial charge in [0.05, 0.1) is 17.0 Å². The summed E-state index contributed by atoms with van der Waals surface area (Å²) in [6, 6.07) is 0. The molecule has 3 nitrogen and oxygen atoms in total. The second-order valence-corrected chi connectivity index (χ2v) is 6.28. The third-order valence-electron chi connectivity index (χ3n) is 1.28. The molecule has 0 spiro atoms. The molecule has 0 aromatic heterocycles. The Kier molecular flexibility index (Phi) is 3.67. The number of rotatable bonds is 1. The van der Waals surface area contributed by atoms with Gasteiger partial charge in [0.1, 0.15) is 4.38 Å². The summed E-state index contributed by atoms with van der Waals surface area (Å²) < 4.78 is 1.09. The third kappa shape index (κ3) is 4.04. The van der Waals surface area contributed by atoms with Gasteiger partial charge in [0.2, 0.25) is 0 Å². The molecule has 0 aliphatic carbocycles. The molecular weight excluding hydrogens is 204 g/mol. The van der Waals surface area contributed by atoms with Crippen LogP contribution in [0.3, 0.4) is 0 Å². The molecule has 1 rings (SSSR count). The molecule has 1 atom stereocenters. The molecule has 1 N–H and O–H groups in total. The first-order chi connectivity index (χ1) is 6.01. The molecule has 1 fully saturated rings. The summed E-state index contributed by atoms with van der Waals surface area (Å²) in [6.07, 6.45) is 1.56. The van der Waals surface area contributed by atoms with Crippen LogP contribution in [-0.4, -0.2) is 32.3 Å². The Hall–Kier alpha value is -0.160. The second-order valence-electron chi connectivity index (χ2n) is 3.78. The molecular formula is C8H14N2OS2. The number of aliphatic imine (C=N–C) groups is 1. The summed E-state index contributed by atoms with van der Waals surface area (Å²) in [7, 11) is 0. The van der Waals surface area contributed by atoms with E-state index in [1.807, 2.05) is 0 Å². The Balaban J connectivity index is 2.54. The minimum Gasteiger partial charge on any atom is -0.411 e. The summed E-state index contributed by atoms with van der Waals surface area (Å²) in [4.78, 5) is 4.54. The van der Waals surface area contributed by atoms with E-state index in [-0.39, 0.29) is 10.8 Å². The first-order valence-corrected chi connectivity index (χ1v) is 5.94. The molecule has 1 aliphatic rings. The lowest BCUT2D eigenvalue weighted by Gasteiger charge is -2.12. The summed E-state index contributed by atoms with van der Waals surface area (Å²) in [5.41, 5.74) is -0.0133. The van der Waals surface area contributed by atoms with Crippen molar-refractivity contribution in [2.24, 2.45) is 10.1 Å².